The van der Waals surface area contributed by atoms with Crippen molar-refractivity contribution in [3.63, 3.8) is 0 Å². The van der Waals surface area contributed by atoms with Gasteiger partial charge in [0.1, 0.15) is 5.03 Å². The van der Waals surface area contributed by atoms with Crippen LogP contribution in [0.2, 0.25) is 0 Å². The zero-order chi connectivity index (χ0) is 17.6. The molecule has 2 aromatic heterocycles. The predicted octanol–water partition coefficient (Wildman–Crippen LogP) is 4.17. The lowest BCUT2D eigenvalue weighted by atomic mass is 10.1. The third kappa shape index (κ3) is 4.45. The maximum atomic E-state index is 12.6. The Morgan fingerprint density at radius 1 is 1.08 bits per heavy atom. The highest BCUT2D eigenvalue weighted by molar-refractivity contribution is 7.99. The average molecular weight is 349 g/mol. The number of rotatable bonds is 5. The van der Waals surface area contributed by atoms with Crippen molar-refractivity contribution in [1.82, 2.24) is 15.3 Å². The lowest BCUT2D eigenvalue weighted by molar-refractivity contribution is 0.0947. The summed E-state index contributed by atoms with van der Waals surface area (Å²) in [4.78, 5) is 22.1. The van der Waals surface area contributed by atoms with Crippen molar-refractivity contribution >= 4 is 17.7 Å². The van der Waals surface area contributed by atoms with Gasteiger partial charge in [-0.05, 0) is 60.9 Å². The maximum absolute atomic E-state index is 12.6. The molecule has 1 N–H and O–H groups in total. The second kappa shape index (κ2) is 7.94. The third-order valence-corrected chi connectivity index (χ3v) is 4.89. The van der Waals surface area contributed by atoms with Crippen molar-refractivity contribution in [2.75, 3.05) is 0 Å². The van der Waals surface area contributed by atoms with E-state index in [0.29, 0.717) is 17.1 Å². The van der Waals surface area contributed by atoms with Crippen LogP contribution in [0.15, 0.2) is 71.0 Å². The number of carbonyl (C=O) groups is 1. The van der Waals surface area contributed by atoms with E-state index in [1.165, 1.54) is 22.9 Å². The Kier molecular flexibility index (Phi) is 5.46. The summed E-state index contributed by atoms with van der Waals surface area (Å²) in [5.41, 5.74) is 4.01. The van der Waals surface area contributed by atoms with Crippen LogP contribution in [0.4, 0.5) is 0 Å². The number of aromatic nitrogens is 2. The van der Waals surface area contributed by atoms with E-state index >= 15 is 0 Å². The molecule has 126 valence electrons. The minimum atomic E-state index is -0.136. The summed E-state index contributed by atoms with van der Waals surface area (Å²) in [6.07, 6.45) is 5.17. The van der Waals surface area contributed by atoms with Gasteiger partial charge < -0.3 is 5.32 Å². The molecule has 0 aliphatic carbocycles. The first-order valence-electron chi connectivity index (χ1n) is 8.01. The van der Waals surface area contributed by atoms with Gasteiger partial charge in [0.25, 0.3) is 5.91 Å². The van der Waals surface area contributed by atoms with Crippen LogP contribution in [-0.2, 0) is 6.54 Å². The summed E-state index contributed by atoms with van der Waals surface area (Å²) in [6.45, 7) is 4.61. The predicted molar refractivity (Wildman–Crippen MR) is 99.7 cm³/mol. The number of benzene rings is 1. The molecule has 25 heavy (non-hydrogen) atoms. The van der Waals surface area contributed by atoms with Crippen molar-refractivity contribution < 1.29 is 4.79 Å². The molecular weight excluding hydrogens is 330 g/mol. The summed E-state index contributed by atoms with van der Waals surface area (Å²) < 4.78 is 0. The van der Waals surface area contributed by atoms with Gasteiger partial charge in [0.05, 0.1) is 5.56 Å². The van der Waals surface area contributed by atoms with Crippen LogP contribution in [0, 0.1) is 13.8 Å². The number of nitrogens with one attached hydrogen (secondary N) is 1. The smallest absolute Gasteiger partial charge is 0.254 e. The Balaban J connectivity index is 1.75. The van der Waals surface area contributed by atoms with Gasteiger partial charge in [0.15, 0.2) is 0 Å². The first kappa shape index (κ1) is 17.2. The topological polar surface area (TPSA) is 54.9 Å². The van der Waals surface area contributed by atoms with Crippen LogP contribution in [-0.4, -0.2) is 15.9 Å². The molecule has 0 radical (unpaired) electrons. The van der Waals surface area contributed by atoms with Crippen molar-refractivity contribution in [2.24, 2.45) is 0 Å². The highest BCUT2D eigenvalue weighted by atomic mass is 32.2. The van der Waals surface area contributed by atoms with Gasteiger partial charge in [-0.25, -0.2) is 4.98 Å². The maximum Gasteiger partial charge on any atom is 0.254 e. The molecule has 3 rings (SSSR count). The van der Waals surface area contributed by atoms with Crippen LogP contribution in [0.5, 0.6) is 0 Å². The normalized spacial score (nSPS) is 10.5. The minimum Gasteiger partial charge on any atom is -0.348 e. The second-order valence-electron chi connectivity index (χ2n) is 5.75. The van der Waals surface area contributed by atoms with Crippen molar-refractivity contribution in [3.05, 3.63) is 83.3 Å². The fourth-order valence-electron chi connectivity index (χ4n) is 2.31. The Bertz CT molecular complexity index is 881. The van der Waals surface area contributed by atoms with Gasteiger partial charge in [-0.3, -0.25) is 9.78 Å². The van der Waals surface area contributed by atoms with Gasteiger partial charge in [-0.2, -0.15) is 0 Å². The molecule has 0 atom stereocenters. The largest absolute Gasteiger partial charge is 0.348 e. The highest BCUT2D eigenvalue weighted by Gasteiger charge is 2.13. The minimum absolute atomic E-state index is 0.136. The fourth-order valence-corrected chi connectivity index (χ4v) is 3.29. The molecule has 1 aromatic carbocycles. The monoisotopic (exact) mass is 349 g/mol. The number of nitrogens with zero attached hydrogens (tertiary/aromatic N) is 2. The number of carbonyl (C=O) groups excluding carboxylic acids is 1. The van der Waals surface area contributed by atoms with Crippen molar-refractivity contribution in [1.29, 1.82) is 0 Å². The van der Waals surface area contributed by atoms with Crippen LogP contribution >= 0.6 is 11.8 Å². The molecule has 0 fully saturated rings. The van der Waals surface area contributed by atoms with E-state index in [1.54, 1.807) is 30.7 Å². The van der Waals surface area contributed by atoms with Gasteiger partial charge in [-0.15, -0.1) is 0 Å². The number of aryl methyl sites for hydroxylation is 2. The molecule has 0 unspecified atom stereocenters. The molecule has 0 spiro atoms. The van der Waals surface area contributed by atoms with Gasteiger partial charge in [0.2, 0.25) is 0 Å². The first-order chi connectivity index (χ1) is 12.1. The van der Waals surface area contributed by atoms with Gasteiger partial charge in [-0.1, -0.05) is 23.9 Å². The van der Waals surface area contributed by atoms with E-state index in [0.717, 1.165) is 10.5 Å². The molecule has 0 bridgehead atoms. The SMILES string of the molecule is Cc1ccc(Sc2ncccc2C(=O)NCc2cccnc2)cc1C. The Hall–Kier alpha value is -2.66. The Labute approximate surface area is 151 Å². The van der Waals surface area contributed by atoms with Gasteiger partial charge in [0, 0.05) is 30.0 Å². The third-order valence-electron chi connectivity index (χ3n) is 3.88. The summed E-state index contributed by atoms with van der Waals surface area (Å²) >= 11 is 1.50. The molecule has 0 saturated carbocycles. The molecule has 5 heteroatoms. The number of hydrogen-bond acceptors (Lipinski definition) is 4. The van der Waals surface area contributed by atoms with E-state index in [2.05, 4.69) is 47.3 Å². The highest BCUT2D eigenvalue weighted by Crippen LogP contribution is 2.29. The zero-order valence-electron chi connectivity index (χ0n) is 14.2. The number of hydrogen-bond donors (Lipinski definition) is 1. The lowest BCUT2D eigenvalue weighted by Crippen LogP contribution is -2.23. The van der Waals surface area contributed by atoms with Crippen LogP contribution in [0.25, 0.3) is 0 Å². The number of amides is 1. The number of pyridine rings is 2. The molecule has 0 aliphatic heterocycles. The van der Waals surface area contributed by atoms with Crippen LogP contribution in [0.1, 0.15) is 27.0 Å². The summed E-state index contributed by atoms with van der Waals surface area (Å²) in [5.74, 6) is -0.136. The Morgan fingerprint density at radius 3 is 2.68 bits per heavy atom. The van der Waals surface area contributed by atoms with E-state index in [1.807, 2.05) is 12.1 Å². The molecule has 0 saturated heterocycles. The van der Waals surface area contributed by atoms with Crippen LogP contribution in [0.3, 0.4) is 0 Å². The standard InChI is InChI=1S/C20H19N3OS/c1-14-7-8-17(11-15(14)2)25-20-18(6-4-10-22-20)19(24)23-13-16-5-3-9-21-12-16/h3-12H,13H2,1-2H3,(H,23,24). The second-order valence-corrected chi connectivity index (χ2v) is 6.81. The van der Waals surface area contributed by atoms with Crippen molar-refractivity contribution in [3.8, 4) is 0 Å². The van der Waals surface area contributed by atoms with E-state index in [4.69, 9.17) is 0 Å². The fraction of sp³-hybridized carbons (Fsp3) is 0.150. The lowest BCUT2D eigenvalue weighted by Gasteiger charge is -2.10. The Morgan fingerprint density at radius 2 is 1.92 bits per heavy atom. The quantitative estimate of drug-likeness (QED) is 0.751. The van der Waals surface area contributed by atoms with E-state index in [9.17, 15) is 4.79 Å². The first-order valence-corrected chi connectivity index (χ1v) is 8.82. The average Bonchev–Trinajstić information content (AvgIpc) is 2.64. The zero-order valence-corrected chi connectivity index (χ0v) is 15.0. The van der Waals surface area contributed by atoms with E-state index in [-0.39, 0.29) is 5.91 Å². The van der Waals surface area contributed by atoms with Crippen LogP contribution < -0.4 is 5.32 Å². The van der Waals surface area contributed by atoms with Gasteiger partial charge >= 0.3 is 0 Å². The molecule has 1 amide bonds. The molecular formula is C20H19N3OS. The summed E-state index contributed by atoms with van der Waals surface area (Å²) in [7, 11) is 0. The molecule has 2 heterocycles. The molecule has 3 aromatic rings. The summed E-state index contributed by atoms with van der Waals surface area (Å²) in [6, 6.07) is 13.6. The molecule has 0 aliphatic rings. The molecule has 4 nitrogen and oxygen atoms in total. The summed E-state index contributed by atoms with van der Waals surface area (Å²) in [5, 5.41) is 3.63. The van der Waals surface area contributed by atoms with E-state index < -0.39 is 0 Å². The van der Waals surface area contributed by atoms with Crippen molar-refractivity contribution in [2.45, 2.75) is 30.3 Å².